The van der Waals surface area contributed by atoms with E-state index in [2.05, 4.69) is 24.0 Å². The Kier molecular flexibility index (Phi) is 5.25. The maximum atomic E-state index is 12.8. The number of anilines is 1. The van der Waals surface area contributed by atoms with Crippen LogP contribution in [0.15, 0.2) is 30.3 Å². The highest BCUT2D eigenvalue weighted by Gasteiger charge is 2.55. The van der Waals surface area contributed by atoms with Gasteiger partial charge in [-0.2, -0.15) is 0 Å². The summed E-state index contributed by atoms with van der Waals surface area (Å²) in [6.07, 6.45) is 0.875. The van der Waals surface area contributed by atoms with Crippen LogP contribution in [0, 0.1) is 0 Å². The van der Waals surface area contributed by atoms with Gasteiger partial charge in [0.2, 0.25) is 0 Å². The summed E-state index contributed by atoms with van der Waals surface area (Å²) < 4.78 is 23.7. The third-order valence-electron chi connectivity index (χ3n) is 3.58. The second kappa shape index (κ2) is 6.75. The summed E-state index contributed by atoms with van der Waals surface area (Å²) in [6, 6.07) is 10.5. The largest absolute Gasteiger partial charge is 0.368 e. The molecule has 0 bridgehead atoms. The monoisotopic (exact) mass is 297 g/mol. The fourth-order valence-electron chi connectivity index (χ4n) is 2.66. The zero-order valence-electron chi connectivity index (χ0n) is 12.5. The van der Waals surface area contributed by atoms with Crippen molar-refractivity contribution in [1.82, 2.24) is 0 Å². The van der Waals surface area contributed by atoms with Crippen LogP contribution in [0.1, 0.15) is 27.2 Å². The minimum Gasteiger partial charge on any atom is -0.368 e. The van der Waals surface area contributed by atoms with Crippen molar-refractivity contribution in [1.29, 1.82) is 0 Å². The number of benzene rings is 1. The molecule has 2 rings (SSSR count). The summed E-state index contributed by atoms with van der Waals surface area (Å²) in [5, 5.41) is 0. The molecule has 1 fully saturated rings. The summed E-state index contributed by atoms with van der Waals surface area (Å²) >= 11 is 0. The van der Waals surface area contributed by atoms with Gasteiger partial charge in [0, 0.05) is 18.3 Å². The van der Waals surface area contributed by atoms with E-state index >= 15 is 0 Å². The Morgan fingerprint density at radius 1 is 1.15 bits per heavy atom. The highest BCUT2D eigenvalue weighted by Crippen LogP contribution is 2.63. The molecule has 0 saturated heterocycles. The van der Waals surface area contributed by atoms with E-state index in [0.717, 1.165) is 13.0 Å². The Hall–Kier alpha value is -0.830. The lowest BCUT2D eigenvalue weighted by Gasteiger charge is -2.25. The first-order chi connectivity index (χ1) is 9.66. The molecule has 1 aliphatic rings. The number of hydrogen-bond donors (Lipinski definition) is 0. The molecular weight excluding hydrogens is 273 g/mol. The molecular formula is C15H24NO3P. The minimum absolute atomic E-state index is 0.00237. The van der Waals surface area contributed by atoms with Crippen molar-refractivity contribution >= 4 is 13.3 Å². The molecule has 1 saturated carbocycles. The lowest BCUT2D eigenvalue weighted by Crippen LogP contribution is -2.28. The van der Waals surface area contributed by atoms with Crippen LogP contribution in [-0.2, 0) is 13.6 Å². The van der Waals surface area contributed by atoms with Crippen molar-refractivity contribution < 1.29 is 13.6 Å². The fraction of sp³-hybridized carbons (Fsp3) is 0.600. The first kappa shape index (κ1) is 15.6. The Morgan fingerprint density at radius 2 is 1.75 bits per heavy atom. The molecule has 0 spiro atoms. The van der Waals surface area contributed by atoms with E-state index in [1.54, 1.807) is 0 Å². The Morgan fingerprint density at radius 3 is 2.25 bits per heavy atom. The maximum Gasteiger partial charge on any atom is 0.335 e. The van der Waals surface area contributed by atoms with Crippen LogP contribution in [0.5, 0.6) is 0 Å². The first-order valence-corrected chi connectivity index (χ1v) is 8.97. The first-order valence-electron chi connectivity index (χ1n) is 7.36. The smallest absolute Gasteiger partial charge is 0.335 e. The average molecular weight is 297 g/mol. The van der Waals surface area contributed by atoms with E-state index < -0.39 is 7.60 Å². The highest BCUT2D eigenvalue weighted by molar-refractivity contribution is 7.55. The molecule has 0 radical (unpaired) electrons. The molecule has 20 heavy (non-hydrogen) atoms. The van der Waals surface area contributed by atoms with Crippen LogP contribution in [0.3, 0.4) is 0 Å². The van der Waals surface area contributed by atoms with Crippen molar-refractivity contribution in [2.75, 3.05) is 24.7 Å². The van der Waals surface area contributed by atoms with Crippen LogP contribution >= 0.6 is 7.60 Å². The molecule has 1 aliphatic carbocycles. The summed E-state index contributed by atoms with van der Waals surface area (Å²) in [4.78, 5) is 2.29. The number of para-hydroxylation sites is 1. The van der Waals surface area contributed by atoms with Gasteiger partial charge in [-0.1, -0.05) is 18.2 Å². The van der Waals surface area contributed by atoms with Gasteiger partial charge < -0.3 is 13.9 Å². The minimum atomic E-state index is -2.97. The molecule has 0 heterocycles. The van der Waals surface area contributed by atoms with Crippen LogP contribution < -0.4 is 4.90 Å². The van der Waals surface area contributed by atoms with Gasteiger partial charge in [0.15, 0.2) is 0 Å². The molecule has 1 aromatic rings. The van der Waals surface area contributed by atoms with Crippen molar-refractivity contribution in [3.63, 3.8) is 0 Å². The summed E-state index contributed by atoms with van der Waals surface area (Å²) in [7, 11) is -2.97. The lowest BCUT2D eigenvalue weighted by atomic mass is 10.3. The summed E-state index contributed by atoms with van der Waals surface area (Å²) in [5.41, 5.74) is 1.17. The molecule has 0 amide bonds. The van der Waals surface area contributed by atoms with Gasteiger partial charge in [0.25, 0.3) is 0 Å². The van der Waals surface area contributed by atoms with Crippen LogP contribution in [-0.4, -0.2) is 31.5 Å². The van der Waals surface area contributed by atoms with Crippen molar-refractivity contribution in [2.24, 2.45) is 0 Å². The van der Waals surface area contributed by atoms with Gasteiger partial charge in [-0.15, -0.1) is 0 Å². The lowest BCUT2D eigenvalue weighted by molar-refractivity contribution is 0.218. The van der Waals surface area contributed by atoms with Crippen molar-refractivity contribution in [3.05, 3.63) is 30.3 Å². The van der Waals surface area contributed by atoms with Gasteiger partial charge in [-0.25, -0.2) is 0 Å². The number of rotatable bonds is 8. The van der Waals surface area contributed by atoms with E-state index in [1.165, 1.54) is 5.69 Å². The number of nitrogens with zero attached hydrogens (tertiary/aromatic N) is 1. The highest BCUT2D eigenvalue weighted by atomic mass is 31.2. The van der Waals surface area contributed by atoms with E-state index in [4.69, 9.17) is 9.05 Å². The molecule has 4 nitrogen and oxygen atoms in total. The van der Waals surface area contributed by atoms with Crippen molar-refractivity contribution in [2.45, 2.75) is 38.9 Å². The van der Waals surface area contributed by atoms with E-state index in [-0.39, 0.29) is 11.7 Å². The predicted octanol–water partition coefficient (Wildman–Crippen LogP) is 3.92. The quantitative estimate of drug-likeness (QED) is 0.682. The molecule has 0 aliphatic heterocycles. The third kappa shape index (κ3) is 3.25. The van der Waals surface area contributed by atoms with Gasteiger partial charge in [-0.05, 0) is 39.3 Å². The van der Waals surface area contributed by atoms with Crippen LogP contribution in [0.25, 0.3) is 0 Å². The molecule has 5 heteroatoms. The van der Waals surface area contributed by atoms with Crippen LogP contribution in [0.2, 0.25) is 0 Å². The molecule has 0 N–H and O–H groups in total. The standard InChI is InChI=1S/C15H24NO3P/c1-4-16(13-10-8-7-9-11-13)14-12-15(14)20(17,18-5-2)19-6-3/h7-11,14-15H,4-6,12H2,1-3H3/t14-,15-/m1/s1. The third-order valence-corrected chi connectivity index (χ3v) is 6.18. The van der Waals surface area contributed by atoms with Gasteiger partial charge in [0.05, 0.1) is 18.9 Å². The van der Waals surface area contributed by atoms with Gasteiger partial charge in [0.1, 0.15) is 0 Å². The molecule has 2 atom stereocenters. The molecule has 112 valence electrons. The predicted molar refractivity (Wildman–Crippen MR) is 82.5 cm³/mol. The topological polar surface area (TPSA) is 38.8 Å². The van der Waals surface area contributed by atoms with E-state index in [0.29, 0.717) is 13.2 Å². The fourth-order valence-corrected chi connectivity index (χ4v) is 4.89. The zero-order valence-corrected chi connectivity index (χ0v) is 13.4. The van der Waals surface area contributed by atoms with E-state index in [9.17, 15) is 4.57 Å². The Balaban J connectivity index is 2.10. The molecule has 0 aromatic heterocycles. The summed E-state index contributed by atoms with van der Waals surface area (Å²) in [6.45, 7) is 7.59. The second-order valence-electron chi connectivity index (χ2n) is 4.87. The normalized spacial score (nSPS) is 21.8. The Bertz CT molecular complexity index is 455. The average Bonchev–Trinajstić information content (AvgIpc) is 3.22. The van der Waals surface area contributed by atoms with Gasteiger partial charge in [-0.3, -0.25) is 4.57 Å². The molecule has 1 aromatic carbocycles. The van der Waals surface area contributed by atoms with Crippen molar-refractivity contribution in [3.8, 4) is 0 Å². The second-order valence-corrected chi connectivity index (χ2v) is 7.13. The van der Waals surface area contributed by atoms with Crippen LogP contribution in [0.4, 0.5) is 5.69 Å². The van der Waals surface area contributed by atoms with Gasteiger partial charge >= 0.3 is 7.60 Å². The van der Waals surface area contributed by atoms with E-state index in [1.807, 2.05) is 32.0 Å². The number of hydrogen-bond acceptors (Lipinski definition) is 4. The Labute approximate surface area is 121 Å². The SMILES string of the molecule is CCOP(=O)(OCC)[C@@H]1C[C@H]1N(CC)c1ccccc1. The summed E-state index contributed by atoms with van der Waals surface area (Å²) in [5.74, 6) is 0. The molecule has 0 unspecified atom stereocenters. The zero-order chi connectivity index (χ0) is 14.6. The maximum absolute atomic E-state index is 12.8.